The molecular weight excluding hydrogens is 476 g/mol. The van der Waals surface area contributed by atoms with Crippen LogP contribution in [0.2, 0.25) is 0 Å². The van der Waals surface area contributed by atoms with E-state index >= 15 is 0 Å². The largest absolute Gasteiger partial charge is 0.342 e. The van der Waals surface area contributed by atoms with Crippen molar-refractivity contribution < 1.29 is 14.4 Å². The summed E-state index contributed by atoms with van der Waals surface area (Å²) < 4.78 is 1.99. The standard InChI is InChI=1S/C31H36N4O3/c1-32-26-10-6-5-9-24(26)19-27(32)30(38)33-16-12-31(13-17-33)14-18-35(22-31)29(37)25-20-28(36)34(21-25)15-11-23-7-3-2-4-8-23/h2-10,19,25H,11-18,20-22H2,1H3. The number of fused-ring (bicyclic) bond motifs is 1. The van der Waals surface area contributed by atoms with E-state index in [0.29, 0.717) is 19.5 Å². The Morgan fingerprint density at radius 3 is 2.34 bits per heavy atom. The van der Waals surface area contributed by atoms with E-state index in [1.54, 1.807) is 0 Å². The number of aryl methyl sites for hydroxylation is 1. The quantitative estimate of drug-likeness (QED) is 0.523. The van der Waals surface area contributed by atoms with Crippen molar-refractivity contribution in [3.8, 4) is 0 Å². The van der Waals surface area contributed by atoms with Crippen molar-refractivity contribution in [2.24, 2.45) is 18.4 Å². The molecule has 1 spiro atoms. The van der Waals surface area contributed by atoms with Crippen LogP contribution in [0.3, 0.4) is 0 Å². The van der Waals surface area contributed by atoms with E-state index in [0.717, 1.165) is 68.5 Å². The number of aromatic nitrogens is 1. The van der Waals surface area contributed by atoms with Crippen molar-refractivity contribution in [2.45, 2.75) is 32.1 Å². The molecular formula is C31H36N4O3. The monoisotopic (exact) mass is 512 g/mol. The number of piperidine rings is 1. The molecule has 0 saturated carbocycles. The summed E-state index contributed by atoms with van der Waals surface area (Å²) >= 11 is 0. The Hall–Kier alpha value is -3.61. The van der Waals surface area contributed by atoms with Gasteiger partial charge in [0.05, 0.1) is 5.92 Å². The summed E-state index contributed by atoms with van der Waals surface area (Å²) in [6.45, 7) is 4.13. The molecule has 198 valence electrons. The molecule has 0 radical (unpaired) electrons. The van der Waals surface area contributed by atoms with Gasteiger partial charge in [0.15, 0.2) is 0 Å². The van der Waals surface area contributed by atoms with Crippen molar-refractivity contribution in [3.63, 3.8) is 0 Å². The SMILES string of the molecule is Cn1c(C(=O)N2CCC3(CC2)CCN(C(=O)C2CC(=O)N(CCc4ccccc4)C2)C3)cc2ccccc21. The third-order valence-corrected chi connectivity index (χ3v) is 9.11. The summed E-state index contributed by atoms with van der Waals surface area (Å²) in [6, 6.07) is 20.3. The van der Waals surface area contributed by atoms with Gasteiger partial charge in [-0.05, 0) is 48.8 Å². The number of nitrogens with zero attached hydrogens (tertiary/aromatic N) is 4. The van der Waals surface area contributed by atoms with Crippen molar-refractivity contribution in [3.05, 3.63) is 71.9 Å². The first-order valence-corrected chi connectivity index (χ1v) is 13.9. The number of hydrogen-bond donors (Lipinski definition) is 0. The molecule has 3 saturated heterocycles. The van der Waals surface area contributed by atoms with Crippen LogP contribution in [0.25, 0.3) is 10.9 Å². The zero-order chi connectivity index (χ0) is 26.3. The molecule has 0 bridgehead atoms. The van der Waals surface area contributed by atoms with Crippen LogP contribution in [-0.2, 0) is 23.1 Å². The molecule has 38 heavy (non-hydrogen) atoms. The summed E-state index contributed by atoms with van der Waals surface area (Å²) in [5.41, 5.74) is 3.09. The number of amides is 3. The van der Waals surface area contributed by atoms with Crippen LogP contribution >= 0.6 is 0 Å². The number of carbonyl (C=O) groups excluding carboxylic acids is 3. The van der Waals surface area contributed by atoms with E-state index < -0.39 is 0 Å². The lowest BCUT2D eigenvalue weighted by molar-refractivity contribution is -0.135. The average Bonchev–Trinajstić information content (AvgIpc) is 3.63. The molecule has 3 aromatic rings. The van der Waals surface area contributed by atoms with Crippen LogP contribution in [-0.4, -0.2) is 76.3 Å². The van der Waals surface area contributed by atoms with Crippen LogP contribution < -0.4 is 0 Å². The molecule has 3 aliphatic heterocycles. The fraction of sp³-hybridized carbons (Fsp3) is 0.452. The van der Waals surface area contributed by atoms with Crippen LogP contribution in [0.1, 0.15) is 41.7 Å². The van der Waals surface area contributed by atoms with Gasteiger partial charge in [-0.1, -0.05) is 48.5 Å². The van der Waals surface area contributed by atoms with Crippen LogP contribution in [0.15, 0.2) is 60.7 Å². The fourth-order valence-corrected chi connectivity index (χ4v) is 6.69. The van der Waals surface area contributed by atoms with Crippen molar-refractivity contribution in [1.82, 2.24) is 19.3 Å². The molecule has 6 rings (SSSR count). The fourth-order valence-electron chi connectivity index (χ4n) is 6.69. The average molecular weight is 513 g/mol. The van der Waals surface area contributed by atoms with Gasteiger partial charge in [-0.2, -0.15) is 0 Å². The van der Waals surface area contributed by atoms with E-state index in [1.807, 2.05) is 74.8 Å². The van der Waals surface area contributed by atoms with Crippen LogP contribution in [0.4, 0.5) is 0 Å². The summed E-state index contributed by atoms with van der Waals surface area (Å²) in [7, 11) is 1.96. The molecule has 1 aromatic heterocycles. The first kappa shape index (κ1) is 24.7. The third-order valence-electron chi connectivity index (χ3n) is 9.11. The molecule has 0 aliphatic carbocycles. The Morgan fingerprint density at radius 2 is 1.61 bits per heavy atom. The molecule has 3 aliphatic rings. The minimum absolute atomic E-state index is 0.0843. The third kappa shape index (κ3) is 4.59. The smallest absolute Gasteiger partial charge is 0.270 e. The normalized spacial score (nSPS) is 21.1. The van der Waals surface area contributed by atoms with Crippen molar-refractivity contribution >= 4 is 28.6 Å². The topological polar surface area (TPSA) is 65.9 Å². The molecule has 7 heteroatoms. The number of benzene rings is 2. The Bertz CT molecular complexity index is 1360. The van der Waals surface area contributed by atoms with Gasteiger partial charge in [-0.15, -0.1) is 0 Å². The number of carbonyl (C=O) groups is 3. The van der Waals surface area contributed by atoms with Crippen molar-refractivity contribution in [2.75, 3.05) is 39.3 Å². The van der Waals surface area contributed by atoms with E-state index in [-0.39, 0.29) is 29.1 Å². The maximum absolute atomic E-state index is 13.4. The van der Waals surface area contributed by atoms with Gasteiger partial charge in [0.1, 0.15) is 5.69 Å². The lowest BCUT2D eigenvalue weighted by Gasteiger charge is -2.39. The summed E-state index contributed by atoms with van der Waals surface area (Å²) in [6.07, 6.45) is 3.95. The zero-order valence-electron chi connectivity index (χ0n) is 22.1. The second-order valence-corrected chi connectivity index (χ2v) is 11.4. The highest BCUT2D eigenvalue weighted by Crippen LogP contribution is 2.41. The first-order chi connectivity index (χ1) is 18.4. The second kappa shape index (κ2) is 9.93. The summed E-state index contributed by atoms with van der Waals surface area (Å²) in [5.74, 6) is 0.0749. The molecule has 1 atom stereocenters. The van der Waals surface area contributed by atoms with Gasteiger partial charge in [-0.3, -0.25) is 14.4 Å². The molecule has 2 aromatic carbocycles. The van der Waals surface area contributed by atoms with E-state index in [2.05, 4.69) is 12.1 Å². The maximum atomic E-state index is 13.4. The molecule has 0 N–H and O–H groups in total. The van der Waals surface area contributed by atoms with Crippen LogP contribution in [0.5, 0.6) is 0 Å². The lowest BCUT2D eigenvalue weighted by Crippen LogP contribution is -2.45. The van der Waals surface area contributed by atoms with Gasteiger partial charge in [0, 0.05) is 63.6 Å². The highest BCUT2D eigenvalue weighted by Gasteiger charge is 2.45. The molecule has 1 unspecified atom stereocenters. The number of hydrogen-bond acceptors (Lipinski definition) is 3. The molecule has 4 heterocycles. The van der Waals surface area contributed by atoms with Gasteiger partial charge in [0.2, 0.25) is 11.8 Å². The number of para-hydroxylation sites is 1. The number of likely N-dealkylation sites (tertiary alicyclic amines) is 3. The molecule has 7 nitrogen and oxygen atoms in total. The molecule has 3 fully saturated rings. The van der Waals surface area contributed by atoms with E-state index in [1.165, 1.54) is 5.56 Å². The minimum Gasteiger partial charge on any atom is -0.342 e. The Balaban J connectivity index is 1.03. The lowest BCUT2D eigenvalue weighted by atomic mass is 9.77. The molecule has 3 amide bonds. The van der Waals surface area contributed by atoms with E-state index in [4.69, 9.17) is 0 Å². The highest BCUT2D eigenvalue weighted by atomic mass is 16.2. The summed E-state index contributed by atoms with van der Waals surface area (Å²) in [4.78, 5) is 45.2. The minimum atomic E-state index is -0.235. The predicted molar refractivity (Wildman–Crippen MR) is 147 cm³/mol. The van der Waals surface area contributed by atoms with Crippen molar-refractivity contribution in [1.29, 1.82) is 0 Å². The first-order valence-electron chi connectivity index (χ1n) is 13.9. The summed E-state index contributed by atoms with van der Waals surface area (Å²) in [5, 5.41) is 1.08. The van der Waals surface area contributed by atoms with Crippen LogP contribution in [0, 0.1) is 11.3 Å². The maximum Gasteiger partial charge on any atom is 0.270 e. The second-order valence-electron chi connectivity index (χ2n) is 11.4. The Labute approximate surface area is 224 Å². The zero-order valence-corrected chi connectivity index (χ0v) is 22.1. The van der Waals surface area contributed by atoms with Gasteiger partial charge >= 0.3 is 0 Å². The van der Waals surface area contributed by atoms with Gasteiger partial charge < -0.3 is 19.3 Å². The van der Waals surface area contributed by atoms with E-state index in [9.17, 15) is 14.4 Å². The Kier molecular flexibility index (Phi) is 6.46. The van der Waals surface area contributed by atoms with Gasteiger partial charge in [0.25, 0.3) is 5.91 Å². The van der Waals surface area contributed by atoms with Gasteiger partial charge in [-0.25, -0.2) is 0 Å². The Morgan fingerprint density at radius 1 is 0.921 bits per heavy atom. The predicted octanol–water partition coefficient (Wildman–Crippen LogP) is 3.72. The number of rotatable bonds is 5. The highest BCUT2D eigenvalue weighted by molar-refractivity contribution is 5.98.